The van der Waals surface area contributed by atoms with Crippen molar-refractivity contribution in [3.63, 3.8) is 0 Å². The summed E-state index contributed by atoms with van der Waals surface area (Å²) in [6, 6.07) is 0.981. The molecule has 1 saturated carbocycles. The van der Waals surface area contributed by atoms with Gasteiger partial charge < -0.3 is 10.2 Å². The van der Waals surface area contributed by atoms with Crippen molar-refractivity contribution in [1.29, 1.82) is 0 Å². The summed E-state index contributed by atoms with van der Waals surface area (Å²) in [4.78, 5) is 7.09. The number of likely N-dealkylation sites (tertiary alicyclic amines) is 1. The molecule has 0 bridgehead atoms. The molecule has 5 heteroatoms. The van der Waals surface area contributed by atoms with Gasteiger partial charge in [-0.2, -0.15) is 5.10 Å². The lowest BCUT2D eigenvalue weighted by Gasteiger charge is -2.37. The second-order valence-electron chi connectivity index (χ2n) is 7.88. The van der Waals surface area contributed by atoms with Crippen LogP contribution in [-0.4, -0.2) is 45.8 Å². The third-order valence-electron chi connectivity index (χ3n) is 5.48. The van der Waals surface area contributed by atoms with Crippen LogP contribution in [0, 0.1) is 11.8 Å². The van der Waals surface area contributed by atoms with Gasteiger partial charge in [0.05, 0.1) is 6.04 Å². The summed E-state index contributed by atoms with van der Waals surface area (Å²) >= 11 is 0. The zero-order valence-corrected chi connectivity index (χ0v) is 14.8. The maximum atomic E-state index is 4.47. The Kier molecular flexibility index (Phi) is 6.06. The number of nitrogens with zero attached hydrogens (tertiary/aromatic N) is 3. The van der Waals surface area contributed by atoms with Gasteiger partial charge in [-0.15, -0.1) is 0 Å². The fourth-order valence-corrected chi connectivity index (χ4v) is 4.32. The van der Waals surface area contributed by atoms with Crippen molar-refractivity contribution in [1.82, 2.24) is 25.4 Å². The summed E-state index contributed by atoms with van der Waals surface area (Å²) in [5.74, 6) is 2.52. The van der Waals surface area contributed by atoms with Crippen LogP contribution in [0.3, 0.4) is 0 Å². The van der Waals surface area contributed by atoms with Gasteiger partial charge in [0.15, 0.2) is 0 Å². The van der Waals surface area contributed by atoms with Gasteiger partial charge in [0, 0.05) is 12.6 Å². The van der Waals surface area contributed by atoms with Crippen molar-refractivity contribution < 1.29 is 0 Å². The van der Waals surface area contributed by atoms with Crippen molar-refractivity contribution in [2.24, 2.45) is 11.8 Å². The average Bonchev–Trinajstić information content (AvgIpc) is 3.08. The maximum absolute atomic E-state index is 4.47. The molecule has 23 heavy (non-hydrogen) atoms. The highest BCUT2D eigenvalue weighted by atomic mass is 15.2. The van der Waals surface area contributed by atoms with Gasteiger partial charge in [-0.05, 0) is 50.6 Å². The lowest BCUT2D eigenvalue weighted by Crippen LogP contribution is -2.46. The van der Waals surface area contributed by atoms with Crippen molar-refractivity contribution in [3.05, 3.63) is 12.2 Å². The van der Waals surface area contributed by atoms with E-state index in [9.17, 15) is 0 Å². The molecule has 1 saturated heterocycles. The second kappa shape index (κ2) is 8.25. The topological polar surface area (TPSA) is 56.8 Å². The van der Waals surface area contributed by atoms with Gasteiger partial charge in [-0.3, -0.25) is 5.10 Å². The number of rotatable bonds is 6. The Balaban J connectivity index is 1.56. The first-order valence-electron chi connectivity index (χ1n) is 9.56. The highest BCUT2D eigenvalue weighted by molar-refractivity contribution is 4.98. The molecule has 0 radical (unpaired) electrons. The monoisotopic (exact) mass is 319 g/mol. The number of aromatic amines is 1. The van der Waals surface area contributed by atoms with Gasteiger partial charge in [-0.25, -0.2) is 4.98 Å². The number of piperidine rings is 1. The molecule has 1 aromatic rings. The summed E-state index contributed by atoms with van der Waals surface area (Å²) in [7, 11) is 0. The molecule has 2 fully saturated rings. The van der Waals surface area contributed by atoms with Crippen molar-refractivity contribution >= 4 is 0 Å². The summed E-state index contributed by atoms with van der Waals surface area (Å²) < 4.78 is 0. The molecule has 0 amide bonds. The highest BCUT2D eigenvalue weighted by Crippen LogP contribution is 2.34. The lowest BCUT2D eigenvalue weighted by atomic mass is 9.83. The van der Waals surface area contributed by atoms with Crippen LogP contribution in [0.5, 0.6) is 0 Å². The van der Waals surface area contributed by atoms with E-state index in [-0.39, 0.29) is 0 Å². The third kappa shape index (κ3) is 4.77. The molecule has 5 nitrogen and oxygen atoms in total. The zero-order chi connectivity index (χ0) is 16.1. The van der Waals surface area contributed by atoms with Gasteiger partial charge in [0.25, 0.3) is 0 Å². The van der Waals surface area contributed by atoms with E-state index in [0.717, 1.165) is 11.7 Å². The number of hydrogen-bond donors (Lipinski definition) is 2. The molecule has 3 rings (SSSR count). The SMILES string of the molecule is CC(C)CN1CCC(NC(c2ncn[nH]2)C2CCCCC2)CC1. The van der Waals surface area contributed by atoms with E-state index in [0.29, 0.717) is 18.0 Å². The first kappa shape index (κ1) is 16.9. The quantitative estimate of drug-likeness (QED) is 0.846. The molecule has 1 aliphatic heterocycles. The predicted octanol–water partition coefficient (Wildman–Crippen LogP) is 3.14. The van der Waals surface area contributed by atoms with E-state index in [1.807, 2.05) is 0 Å². The van der Waals surface area contributed by atoms with E-state index >= 15 is 0 Å². The van der Waals surface area contributed by atoms with Crippen LogP contribution in [0.15, 0.2) is 6.33 Å². The average molecular weight is 319 g/mol. The predicted molar refractivity (Wildman–Crippen MR) is 93.1 cm³/mol. The zero-order valence-electron chi connectivity index (χ0n) is 14.8. The fraction of sp³-hybridized carbons (Fsp3) is 0.889. The Labute approximate surface area is 140 Å². The molecule has 0 aromatic carbocycles. The number of hydrogen-bond acceptors (Lipinski definition) is 4. The summed E-state index contributed by atoms with van der Waals surface area (Å²) in [5, 5.41) is 11.2. The van der Waals surface area contributed by atoms with Crippen LogP contribution in [0.25, 0.3) is 0 Å². The number of nitrogens with one attached hydrogen (secondary N) is 2. The maximum Gasteiger partial charge on any atom is 0.141 e. The highest BCUT2D eigenvalue weighted by Gasteiger charge is 2.30. The van der Waals surface area contributed by atoms with Crippen molar-refractivity contribution in [3.8, 4) is 0 Å². The Hall–Kier alpha value is -0.940. The molecule has 1 atom stereocenters. The van der Waals surface area contributed by atoms with E-state index < -0.39 is 0 Å². The van der Waals surface area contributed by atoms with Gasteiger partial charge in [0.2, 0.25) is 0 Å². The standard InChI is InChI=1S/C18H33N5/c1-14(2)12-23-10-8-16(9-11-23)21-17(18-19-13-20-22-18)15-6-4-3-5-7-15/h13-17,21H,3-12H2,1-2H3,(H,19,20,22). The fourth-order valence-electron chi connectivity index (χ4n) is 4.32. The molecule has 1 aliphatic carbocycles. The van der Waals surface area contributed by atoms with E-state index in [4.69, 9.17) is 0 Å². The smallest absolute Gasteiger partial charge is 0.141 e. The first-order valence-corrected chi connectivity index (χ1v) is 9.56. The van der Waals surface area contributed by atoms with E-state index in [1.165, 1.54) is 64.6 Å². The molecule has 1 aromatic heterocycles. The molecular formula is C18H33N5. The minimum absolute atomic E-state index is 0.361. The molecule has 0 spiro atoms. The summed E-state index contributed by atoms with van der Waals surface area (Å²) in [5.41, 5.74) is 0. The number of aromatic nitrogens is 3. The molecular weight excluding hydrogens is 286 g/mol. The lowest BCUT2D eigenvalue weighted by molar-refractivity contribution is 0.158. The number of H-pyrrole nitrogens is 1. The molecule has 2 heterocycles. The van der Waals surface area contributed by atoms with E-state index in [2.05, 4.69) is 39.2 Å². The molecule has 1 unspecified atom stereocenters. The van der Waals surface area contributed by atoms with Crippen LogP contribution in [0.1, 0.15) is 70.7 Å². The minimum atomic E-state index is 0.361. The van der Waals surface area contributed by atoms with Crippen molar-refractivity contribution in [2.75, 3.05) is 19.6 Å². The molecule has 130 valence electrons. The Bertz CT molecular complexity index is 430. The normalized spacial score (nSPS) is 23.4. The van der Waals surface area contributed by atoms with Crippen LogP contribution >= 0.6 is 0 Å². The van der Waals surface area contributed by atoms with Crippen LogP contribution in [-0.2, 0) is 0 Å². The Morgan fingerprint density at radius 2 is 1.91 bits per heavy atom. The van der Waals surface area contributed by atoms with Crippen LogP contribution in [0.4, 0.5) is 0 Å². The summed E-state index contributed by atoms with van der Waals surface area (Å²) in [6.45, 7) is 8.31. The van der Waals surface area contributed by atoms with Crippen molar-refractivity contribution in [2.45, 2.75) is 70.9 Å². The van der Waals surface area contributed by atoms with Crippen LogP contribution < -0.4 is 5.32 Å². The Morgan fingerprint density at radius 3 is 2.52 bits per heavy atom. The largest absolute Gasteiger partial charge is 0.304 e. The minimum Gasteiger partial charge on any atom is -0.304 e. The molecule has 2 aliphatic rings. The second-order valence-corrected chi connectivity index (χ2v) is 7.88. The first-order chi connectivity index (χ1) is 11.2. The van der Waals surface area contributed by atoms with Gasteiger partial charge >= 0.3 is 0 Å². The summed E-state index contributed by atoms with van der Waals surface area (Å²) in [6.07, 6.45) is 10.9. The van der Waals surface area contributed by atoms with Crippen LogP contribution in [0.2, 0.25) is 0 Å². The third-order valence-corrected chi connectivity index (χ3v) is 5.48. The van der Waals surface area contributed by atoms with E-state index in [1.54, 1.807) is 6.33 Å². The van der Waals surface area contributed by atoms with Gasteiger partial charge in [-0.1, -0.05) is 33.1 Å². The Morgan fingerprint density at radius 1 is 1.17 bits per heavy atom. The molecule has 2 N–H and O–H groups in total. The van der Waals surface area contributed by atoms with Gasteiger partial charge in [0.1, 0.15) is 12.2 Å².